The average molecular weight is 385 g/mol. The molecule has 6 nitrogen and oxygen atoms in total. The first kappa shape index (κ1) is 20.4. The number of furan rings is 1. The van der Waals surface area contributed by atoms with Crippen molar-refractivity contribution in [1.82, 2.24) is 15.5 Å². The Hall–Kier alpha value is -2.31. The van der Waals surface area contributed by atoms with Crippen LogP contribution in [-0.2, 0) is 17.9 Å². The molecule has 28 heavy (non-hydrogen) atoms. The van der Waals surface area contributed by atoms with Gasteiger partial charge in [0.1, 0.15) is 5.76 Å². The lowest BCUT2D eigenvalue weighted by Gasteiger charge is -2.26. The second-order valence-corrected chi connectivity index (χ2v) is 7.10. The highest BCUT2D eigenvalue weighted by Crippen LogP contribution is 2.24. The highest BCUT2D eigenvalue weighted by atomic mass is 16.5. The number of hydrogen-bond acceptors (Lipinski definition) is 4. The van der Waals surface area contributed by atoms with Crippen LogP contribution in [-0.4, -0.2) is 44.1 Å². The van der Waals surface area contributed by atoms with Gasteiger partial charge in [-0.3, -0.25) is 4.90 Å². The fourth-order valence-electron chi connectivity index (χ4n) is 3.56. The fraction of sp³-hybridized carbons (Fsp3) is 0.500. The minimum atomic E-state index is 0.231. The quantitative estimate of drug-likeness (QED) is 0.513. The summed E-state index contributed by atoms with van der Waals surface area (Å²) in [5, 5.41) is 6.85. The van der Waals surface area contributed by atoms with Crippen LogP contribution in [0.25, 0.3) is 0 Å². The standard InChI is InChI=1S/C22H32N4O2/c1-3-23-22(24-15-18-8-10-19(11-9-18)17-27-2)25-16-20(21-7-6-14-28-21)26-12-4-5-13-26/h6-11,14,20H,3-5,12-13,15-17H2,1-2H3,(H2,23,24,25). The first-order valence-electron chi connectivity index (χ1n) is 10.2. The van der Waals surface area contributed by atoms with Gasteiger partial charge in [0.05, 0.1) is 25.5 Å². The Morgan fingerprint density at radius 1 is 1.14 bits per heavy atom. The lowest BCUT2D eigenvalue weighted by atomic mass is 10.1. The van der Waals surface area contributed by atoms with Gasteiger partial charge >= 0.3 is 0 Å². The van der Waals surface area contributed by atoms with Gasteiger partial charge < -0.3 is 19.8 Å². The van der Waals surface area contributed by atoms with Crippen molar-refractivity contribution in [2.45, 2.75) is 39.0 Å². The predicted molar refractivity (Wildman–Crippen MR) is 112 cm³/mol. The third kappa shape index (κ3) is 5.84. The summed E-state index contributed by atoms with van der Waals surface area (Å²) in [6.07, 6.45) is 4.26. The summed E-state index contributed by atoms with van der Waals surface area (Å²) in [6.45, 7) is 7.19. The molecule has 6 heteroatoms. The second kappa shape index (κ2) is 10.9. The summed E-state index contributed by atoms with van der Waals surface area (Å²) in [6, 6.07) is 12.7. The number of nitrogens with one attached hydrogen (secondary N) is 2. The maximum Gasteiger partial charge on any atom is 0.191 e. The normalized spacial score (nSPS) is 16.3. The van der Waals surface area contributed by atoms with Gasteiger partial charge in [-0.25, -0.2) is 4.99 Å². The van der Waals surface area contributed by atoms with E-state index in [1.54, 1.807) is 13.4 Å². The Morgan fingerprint density at radius 2 is 1.89 bits per heavy atom. The Balaban J connectivity index is 1.61. The van der Waals surface area contributed by atoms with Gasteiger partial charge in [0.25, 0.3) is 0 Å². The predicted octanol–water partition coefficient (Wildman–Crippen LogP) is 3.32. The van der Waals surface area contributed by atoms with Crippen LogP contribution in [0.5, 0.6) is 0 Å². The van der Waals surface area contributed by atoms with Crippen LogP contribution in [0.15, 0.2) is 52.1 Å². The van der Waals surface area contributed by atoms with Crippen LogP contribution in [0.4, 0.5) is 0 Å². The third-order valence-electron chi connectivity index (χ3n) is 5.01. The summed E-state index contributed by atoms with van der Waals surface area (Å²) < 4.78 is 10.9. The van der Waals surface area contributed by atoms with Gasteiger partial charge in [-0.05, 0) is 56.1 Å². The van der Waals surface area contributed by atoms with Crippen LogP contribution in [0.2, 0.25) is 0 Å². The highest BCUT2D eigenvalue weighted by molar-refractivity contribution is 5.79. The molecular formula is C22H32N4O2. The largest absolute Gasteiger partial charge is 0.468 e. The number of nitrogens with zero attached hydrogens (tertiary/aromatic N) is 2. The minimum absolute atomic E-state index is 0.231. The smallest absolute Gasteiger partial charge is 0.191 e. The van der Waals surface area contributed by atoms with E-state index in [2.05, 4.69) is 52.8 Å². The topological polar surface area (TPSA) is 62.0 Å². The first-order valence-corrected chi connectivity index (χ1v) is 10.2. The van der Waals surface area contributed by atoms with E-state index in [1.165, 1.54) is 24.0 Å². The van der Waals surface area contributed by atoms with E-state index >= 15 is 0 Å². The molecule has 0 amide bonds. The van der Waals surface area contributed by atoms with E-state index < -0.39 is 0 Å². The summed E-state index contributed by atoms with van der Waals surface area (Å²) in [5.41, 5.74) is 2.35. The third-order valence-corrected chi connectivity index (χ3v) is 5.01. The zero-order chi connectivity index (χ0) is 19.6. The molecule has 0 aliphatic carbocycles. The molecule has 1 fully saturated rings. The lowest BCUT2D eigenvalue weighted by molar-refractivity contribution is 0.185. The van der Waals surface area contributed by atoms with Crippen LogP contribution < -0.4 is 10.6 Å². The summed E-state index contributed by atoms with van der Waals surface area (Å²) in [4.78, 5) is 7.24. The lowest BCUT2D eigenvalue weighted by Crippen LogP contribution is -2.42. The van der Waals surface area contributed by atoms with Crippen molar-refractivity contribution in [2.24, 2.45) is 4.99 Å². The zero-order valence-corrected chi connectivity index (χ0v) is 17.0. The zero-order valence-electron chi connectivity index (χ0n) is 17.0. The molecule has 0 radical (unpaired) electrons. The Bertz CT molecular complexity index is 707. The molecule has 0 saturated carbocycles. The van der Waals surface area contributed by atoms with Gasteiger partial charge in [-0.15, -0.1) is 0 Å². The van der Waals surface area contributed by atoms with Crippen LogP contribution in [0, 0.1) is 0 Å². The molecule has 0 bridgehead atoms. The summed E-state index contributed by atoms with van der Waals surface area (Å²) in [5.74, 6) is 1.85. The van der Waals surface area contributed by atoms with Crippen LogP contribution >= 0.6 is 0 Å². The van der Waals surface area contributed by atoms with Crippen molar-refractivity contribution < 1.29 is 9.15 Å². The molecule has 2 aromatic rings. The monoisotopic (exact) mass is 384 g/mol. The average Bonchev–Trinajstić information content (AvgIpc) is 3.42. The number of rotatable bonds is 9. The fourth-order valence-corrected chi connectivity index (χ4v) is 3.56. The van der Waals surface area contributed by atoms with Gasteiger partial charge in [0.15, 0.2) is 5.96 Å². The molecule has 1 atom stereocenters. The van der Waals surface area contributed by atoms with Crippen molar-refractivity contribution >= 4 is 5.96 Å². The van der Waals surface area contributed by atoms with Gasteiger partial charge in [-0.2, -0.15) is 0 Å². The van der Waals surface area contributed by atoms with E-state index in [1.807, 2.05) is 6.07 Å². The molecule has 2 N–H and O–H groups in total. The molecule has 2 heterocycles. The molecule has 152 valence electrons. The van der Waals surface area contributed by atoms with E-state index in [4.69, 9.17) is 14.1 Å². The van der Waals surface area contributed by atoms with Gasteiger partial charge in [0.2, 0.25) is 0 Å². The highest BCUT2D eigenvalue weighted by Gasteiger charge is 2.25. The molecule has 1 unspecified atom stereocenters. The Kier molecular flexibility index (Phi) is 7.94. The molecule has 1 aliphatic heterocycles. The second-order valence-electron chi connectivity index (χ2n) is 7.10. The SMILES string of the molecule is CCNC(=NCc1ccc(COC)cc1)NCC(c1ccco1)N1CCCC1. The summed E-state index contributed by atoms with van der Waals surface area (Å²) >= 11 is 0. The number of ether oxygens (including phenoxy) is 1. The summed E-state index contributed by atoms with van der Waals surface area (Å²) in [7, 11) is 1.71. The molecule has 0 spiro atoms. The maximum absolute atomic E-state index is 5.71. The first-order chi connectivity index (χ1) is 13.8. The van der Waals surface area contributed by atoms with Gasteiger partial charge in [0, 0.05) is 20.2 Å². The van der Waals surface area contributed by atoms with Crippen molar-refractivity contribution in [2.75, 3.05) is 33.3 Å². The molecule has 1 aromatic carbocycles. The number of methoxy groups -OCH3 is 1. The minimum Gasteiger partial charge on any atom is -0.468 e. The molecule has 1 aliphatic rings. The molecule has 3 rings (SSSR count). The number of aliphatic imine (C=N–C) groups is 1. The van der Waals surface area contributed by atoms with E-state index in [0.717, 1.165) is 37.9 Å². The van der Waals surface area contributed by atoms with Crippen molar-refractivity contribution in [1.29, 1.82) is 0 Å². The molecular weight excluding hydrogens is 352 g/mol. The number of benzene rings is 1. The Labute approximate surface area is 168 Å². The number of hydrogen-bond donors (Lipinski definition) is 2. The van der Waals surface area contributed by atoms with Crippen molar-refractivity contribution in [3.8, 4) is 0 Å². The van der Waals surface area contributed by atoms with Crippen molar-refractivity contribution in [3.05, 3.63) is 59.5 Å². The van der Waals surface area contributed by atoms with Crippen LogP contribution in [0.3, 0.4) is 0 Å². The molecule has 1 saturated heterocycles. The van der Waals surface area contributed by atoms with E-state index in [0.29, 0.717) is 13.2 Å². The number of likely N-dealkylation sites (tertiary alicyclic amines) is 1. The van der Waals surface area contributed by atoms with E-state index in [-0.39, 0.29) is 6.04 Å². The maximum atomic E-state index is 5.71. The van der Waals surface area contributed by atoms with Gasteiger partial charge in [-0.1, -0.05) is 24.3 Å². The van der Waals surface area contributed by atoms with E-state index in [9.17, 15) is 0 Å². The molecule has 1 aromatic heterocycles. The Morgan fingerprint density at radius 3 is 2.54 bits per heavy atom. The van der Waals surface area contributed by atoms with Crippen LogP contribution in [0.1, 0.15) is 42.7 Å². The van der Waals surface area contributed by atoms with Crippen molar-refractivity contribution in [3.63, 3.8) is 0 Å². The number of guanidine groups is 1.